The molecule has 0 spiro atoms. The summed E-state index contributed by atoms with van der Waals surface area (Å²) in [4.78, 5) is 30.1. The van der Waals surface area contributed by atoms with Gasteiger partial charge in [0, 0.05) is 31.6 Å². The number of nitrogens with zero attached hydrogens (tertiary/aromatic N) is 1. The van der Waals surface area contributed by atoms with Crippen LogP contribution in [0.2, 0.25) is 0 Å². The first-order chi connectivity index (χ1) is 16.2. The Bertz CT molecular complexity index is 819. The Labute approximate surface area is 202 Å². The second-order valence-electron chi connectivity index (χ2n) is 9.36. The summed E-state index contributed by atoms with van der Waals surface area (Å²) in [5.41, 5.74) is 4.56. The number of amides is 1. The Kier molecular flexibility index (Phi) is 10.8. The van der Waals surface area contributed by atoms with E-state index in [4.69, 9.17) is 19.3 Å². The fourth-order valence-electron chi connectivity index (χ4n) is 3.32. The van der Waals surface area contributed by atoms with Gasteiger partial charge in [0.05, 0.1) is 6.61 Å². The first kappa shape index (κ1) is 27.6. The highest BCUT2D eigenvalue weighted by Gasteiger charge is 2.44. The average Bonchev–Trinajstić information content (AvgIpc) is 3.23. The molecule has 2 rings (SSSR count). The number of esters is 1. The molecule has 0 unspecified atom stereocenters. The van der Waals surface area contributed by atoms with Crippen molar-refractivity contribution < 1.29 is 28.9 Å². The van der Waals surface area contributed by atoms with Crippen LogP contribution in [0.5, 0.6) is 5.75 Å². The quantitative estimate of drug-likeness (QED) is 0.214. The third-order valence-electron chi connectivity index (χ3n) is 5.13. The van der Waals surface area contributed by atoms with Crippen LogP contribution in [0.1, 0.15) is 71.8 Å². The second-order valence-corrected chi connectivity index (χ2v) is 9.36. The van der Waals surface area contributed by atoms with Gasteiger partial charge in [0.1, 0.15) is 18.0 Å². The van der Waals surface area contributed by atoms with Crippen LogP contribution < -0.4 is 15.6 Å². The first-order valence-corrected chi connectivity index (χ1v) is 12.0. The van der Waals surface area contributed by atoms with E-state index in [-0.39, 0.29) is 37.9 Å². The number of hydrogen-bond acceptors (Lipinski definition) is 8. The number of ether oxygens (including phenoxy) is 3. The van der Waals surface area contributed by atoms with E-state index in [1.54, 1.807) is 45.0 Å². The molecule has 1 aliphatic heterocycles. The van der Waals surface area contributed by atoms with Crippen LogP contribution in [0, 0.1) is 0 Å². The predicted molar refractivity (Wildman–Crippen MR) is 130 cm³/mol. The van der Waals surface area contributed by atoms with Gasteiger partial charge >= 0.3 is 5.97 Å². The standard InChI is InChI=1S/C25H39N3O6/c1-5-6-7-15-26-28-23(31)25(14-13-21(30)34-24(2,3)4)18-33-22(27-25)19-9-11-20(12-10-19)32-17-8-16-29/h9-12,26,29H,5-8,13-18H2,1-4H3,(H,28,31)/t25-/m0/s1. The van der Waals surface area contributed by atoms with Crippen molar-refractivity contribution in [3.05, 3.63) is 29.8 Å². The molecule has 9 nitrogen and oxygen atoms in total. The lowest BCUT2D eigenvalue weighted by molar-refractivity contribution is -0.155. The lowest BCUT2D eigenvalue weighted by atomic mass is 9.94. The van der Waals surface area contributed by atoms with Crippen molar-refractivity contribution in [3.8, 4) is 5.75 Å². The number of carbonyl (C=O) groups is 2. The van der Waals surface area contributed by atoms with Gasteiger partial charge in [-0.3, -0.25) is 15.0 Å². The van der Waals surface area contributed by atoms with Gasteiger partial charge in [-0.2, -0.15) is 0 Å². The van der Waals surface area contributed by atoms with Gasteiger partial charge in [-0.05, 0) is 57.9 Å². The molecule has 0 saturated carbocycles. The van der Waals surface area contributed by atoms with Crippen molar-refractivity contribution in [2.75, 3.05) is 26.4 Å². The zero-order valence-corrected chi connectivity index (χ0v) is 20.8. The van der Waals surface area contributed by atoms with Gasteiger partial charge in [-0.1, -0.05) is 19.8 Å². The fraction of sp³-hybridized carbons (Fsp3) is 0.640. The van der Waals surface area contributed by atoms with Crippen LogP contribution in [-0.2, 0) is 19.1 Å². The monoisotopic (exact) mass is 477 g/mol. The Balaban J connectivity index is 2.12. The number of unbranched alkanes of at least 4 members (excludes halogenated alkanes) is 2. The molecule has 9 heteroatoms. The highest BCUT2D eigenvalue weighted by Crippen LogP contribution is 2.28. The summed E-state index contributed by atoms with van der Waals surface area (Å²) in [6.45, 7) is 8.71. The van der Waals surface area contributed by atoms with Gasteiger partial charge in [-0.25, -0.2) is 10.4 Å². The average molecular weight is 478 g/mol. The Morgan fingerprint density at radius 3 is 2.56 bits per heavy atom. The minimum atomic E-state index is -1.24. The Morgan fingerprint density at radius 2 is 1.91 bits per heavy atom. The number of carbonyl (C=O) groups excluding carboxylic acids is 2. The van der Waals surface area contributed by atoms with Gasteiger partial charge in [0.15, 0.2) is 5.54 Å². The second kappa shape index (κ2) is 13.3. The zero-order valence-electron chi connectivity index (χ0n) is 20.8. The summed E-state index contributed by atoms with van der Waals surface area (Å²) in [5, 5.41) is 8.87. The molecule has 0 fully saturated rings. The maximum Gasteiger partial charge on any atom is 0.306 e. The maximum atomic E-state index is 13.1. The summed E-state index contributed by atoms with van der Waals surface area (Å²) < 4.78 is 16.8. The van der Waals surface area contributed by atoms with Crippen LogP contribution in [0.4, 0.5) is 0 Å². The Morgan fingerprint density at radius 1 is 1.18 bits per heavy atom. The van der Waals surface area contributed by atoms with Gasteiger partial charge in [0.2, 0.25) is 5.90 Å². The summed E-state index contributed by atoms with van der Waals surface area (Å²) in [7, 11) is 0. The van der Waals surface area contributed by atoms with Crippen LogP contribution in [-0.4, -0.2) is 60.4 Å². The van der Waals surface area contributed by atoms with E-state index in [1.807, 2.05) is 0 Å². The number of aliphatic imine (C=N–C) groups is 1. The third-order valence-corrected chi connectivity index (χ3v) is 5.13. The number of benzene rings is 1. The molecule has 0 saturated heterocycles. The number of nitrogens with one attached hydrogen (secondary N) is 2. The summed E-state index contributed by atoms with van der Waals surface area (Å²) in [6.07, 6.45) is 3.85. The topological polar surface area (TPSA) is 118 Å². The summed E-state index contributed by atoms with van der Waals surface area (Å²) in [5.74, 6) is 0.281. The molecule has 1 amide bonds. The van der Waals surface area contributed by atoms with Crippen molar-refractivity contribution >= 4 is 17.8 Å². The van der Waals surface area contributed by atoms with E-state index < -0.39 is 11.1 Å². The van der Waals surface area contributed by atoms with Crippen molar-refractivity contribution in [1.29, 1.82) is 0 Å². The van der Waals surface area contributed by atoms with Gasteiger partial charge in [0.25, 0.3) is 5.91 Å². The molecule has 34 heavy (non-hydrogen) atoms. The molecule has 190 valence electrons. The number of rotatable bonds is 14. The van der Waals surface area contributed by atoms with Crippen LogP contribution in [0.15, 0.2) is 29.3 Å². The molecule has 1 atom stereocenters. The van der Waals surface area contributed by atoms with Crippen molar-refractivity contribution in [3.63, 3.8) is 0 Å². The zero-order chi connectivity index (χ0) is 25.0. The molecule has 0 aliphatic carbocycles. The van der Waals surface area contributed by atoms with E-state index in [0.717, 1.165) is 19.3 Å². The predicted octanol–water partition coefficient (Wildman–Crippen LogP) is 2.90. The van der Waals surface area contributed by atoms with Crippen LogP contribution >= 0.6 is 0 Å². The largest absolute Gasteiger partial charge is 0.494 e. The van der Waals surface area contributed by atoms with Crippen molar-refractivity contribution in [1.82, 2.24) is 10.9 Å². The highest BCUT2D eigenvalue weighted by atomic mass is 16.6. The third kappa shape index (κ3) is 8.95. The van der Waals surface area contributed by atoms with E-state index in [1.165, 1.54) is 0 Å². The van der Waals surface area contributed by atoms with Crippen LogP contribution in [0.25, 0.3) is 0 Å². The Hall–Kier alpha value is -2.65. The molecular formula is C25H39N3O6. The minimum Gasteiger partial charge on any atom is -0.494 e. The SMILES string of the molecule is CCCCCNNC(=O)[C@]1(CCC(=O)OC(C)(C)C)COC(c2ccc(OCCCO)cc2)=N1. The molecular weight excluding hydrogens is 438 g/mol. The molecule has 1 aliphatic rings. The smallest absolute Gasteiger partial charge is 0.306 e. The van der Waals surface area contributed by atoms with Crippen molar-refractivity contribution in [2.45, 2.75) is 77.4 Å². The van der Waals surface area contributed by atoms with E-state index in [0.29, 0.717) is 36.8 Å². The molecule has 0 aromatic heterocycles. The summed E-state index contributed by atoms with van der Waals surface area (Å²) >= 11 is 0. The fourth-order valence-corrected chi connectivity index (χ4v) is 3.32. The lowest BCUT2D eigenvalue weighted by Gasteiger charge is -2.24. The normalized spacial score (nSPS) is 17.6. The number of aliphatic hydroxyl groups is 1. The highest BCUT2D eigenvalue weighted by molar-refractivity contribution is 6.00. The van der Waals surface area contributed by atoms with Gasteiger partial charge in [-0.15, -0.1) is 0 Å². The van der Waals surface area contributed by atoms with E-state index in [9.17, 15) is 9.59 Å². The molecule has 3 N–H and O–H groups in total. The number of hydrazine groups is 1. The molecule has 0 bridgehead atoms. The number of aliphatic hydroxyl groups excluding tert-OH is 1. The number of hydrogen-bond donors (Lipinski definition) is 3. The molecule has 1 aromatic carbocycles. The van der Waals surface area contributed by atoms with Gasteiger partial charge < -0.3 is 19.3 Å². The maximum absolute atomic E-state index is 13.1. The van der Waals surface area contributed by atoms with E-state index >= 15 is 0 Å². The lowest BCUT2D eigenvalue weighted by Crippen LogP contribution is -2.52. The molecule has 1 aromatic rings. The van der Waals surface area contributed by atoms with Crippen molar-refractivity contribution in [2.24, 2.45) is 4.99 Å². The summed E-state index contributed by atoms with van der Waals surface area (Å²) in [6, 6.07) is 7.18. The van der Waals surface area contributed by atoms with E-state index in [2.05, 4.69) is 22.8 Å². The first-order valence-electron chi connectivity index (χ1n) is 12.0. The van der Waals surface area contributed by atoms with Crippen LogP contribution in [0.3, 0.4) is 0 Å². The minimum absolute atomic E-state index is 0.0301. The molecule has 1 heterocycles. The molecule has 0 radical (unpaired) electrons.